The van der Waals surface area contributed by atoms with Crippen LogP contribution >= 0.6 is 0 Å². The van der Waals surface area contributed by atoms with E-state index in [0.717, 1.165) is 34.1 Å². The summed E-state index contributed by atoms with van der Waals surface area (Å²) in [5, 5.41) is 38.5. The molecule has 40 heavy (non-hydrogen) atoms. The number of aliphatic hydroxyl groups excluding tert-OH is 1. The molecule has 0 aromatic heterocycles. The van der Waals surface area contributed by atoms with Crippen LogP contribution < -0.4 is 15.4 Å². The summed E-state index contributed by atoms with van der Waals surface area (Å²) in [6.07, 6.45) is 0.183. The first-order chi connectivity index (χ1) is 19.2. The van der Waals surface area contributed by atoms with Crippen LogP contribution in [0.15, 0.2) is 78.9 Å². The largest absolute Gasteiger partial charge is 0.508 e. The molecule has 0 radical (unpaired) electrons. The maximum Gasteiger partial charge on any atom is 0.224 e. The molecule has 0 aliphatic rings. The molecule has 3 unspecified atom stereocenters. The normalized spacial score (nSPS) is 13.5. The van der Waals surface area contributed by atoms with Gasteiger partial charge in [0.25, 0.3) is 0 Å². The number of hydrogen-bond acceptors (Lipinski definition) is 6. The number of nitrogens with one attached hydrogen (secondary N) is 2. The van der Waals surface area contributed by atoms with Gasteiger partial charge >= 0.3 is 0 Å². The fourth-order valence-electron chi connectivity index (χ4n) is 4.83. The molecule has 4 rings (SSSR count). The molecule has 5 N–H and O–H groups in total. The second kappa shape index (κ2) is 13.3. The van der Waals surface area contributed by atoms with Crippen LogP contribution in [-0.2, 0) is 17.6 Å². The summed E-state index contributed by atoms with van der Waals surface area (Å²) in [4.78, 5) is 12.7. The molecule has 3 atom stereocenters. The van der Waals surface area contributed by atoms with Crippen LogP contribution in [-0.4, -0.2) is 47.5 Å². The number of methoxy groups -OCH3 is 1. The van der Waals surface area contributed by atoms with E-state index in [0.29, 0.717) is 18.5 Å². The third kappa shape index (κ3) is 7.74. The Morgan fingerprint density at radius 3 is 2.33 bits per heavy atom. The second-order valence-corrected chi connectivity index (χ2v) is 10.4. The summed E-state index contributed by atoms with van der Waals surface area (Å²) in [5.41, 5.74) is 3.66. The zero-order valence-electron chi connectivity index (χ0n) is 23.2. The monoisotopic (exact) mass is 542 g/mol. The van der Waals surface area contributed by atoms with E-state index in [9.17, 15) is 20.1 Å². The van der Waals surface area contributed by atoms with E-state index in [2.05, 4.69) is 41.8 Å². The highest BCUT2D eigenvalue weighted by Crippen LogP contribution is 2.26. The lowest BCUT2D eigenvalue weighted by molar-refractivity contribution is -0.120. The van der Waals surface area contributed by atoms with Crippen LogP contribution in [0.5, 0.6) is 17.2 Å². The quantitative estimate of drug-likeness (QED) is 0.173. The zero-order valence-corrected chi connectivity index (χ0v) is 23.2. The number of aromatic hydroxyl groups is 2. The summed E-state index contributed by atoms with van der Waals surface area (Å²) in [6.45, 7) is 4.97. The summed E-state index contributed by atoms with van der Waals surface area (Å²) < 4.78 is 5.29. The Labute approximate surface area is 235 Å². The fraction of sp³-hybridized carbons (Fsp3) is 0.303. The lowest BCUT2D eigenvalue weighted by Gasteiger charge is -2.24. The van der Waals surface area contributed by atoms with Crippen molar-refractivity contribution in [1.29, 1.82) is 0 Å². The Kier molecular flexibility index (Phi) is 9.64. The van der Waals surface area contributed by atoms with Gasteiger partial charge in [0, 0.05) is 25.2 Å². The van der Waals surface area contributed by atoms with Crippen molar-refractivity contribution in [2.75, 3.05) is 20.2 Å². The standard InChI is InChI=1S/C33H38N2O5/c1-21(22(2)35-20-32(38)28-16-29(36)19-30(37)17-28)25-6-4-5-24(14-25)15-33(39)34-12-11-23-7-8-27-18-31(40-3)10-9-26(27)13-23/h4-10,13-14,16-19,21-22,32,35-38H,11-12,15,20H2,1-3H3,(H,34,39). The van der Waals surface area contributed by atoms with Crippen molar-refractivity contribution in [3.8, 4) is 17.2 Å². The Morgan fingerprint density at radius 2 is 1.57 bits per heavy atom. The van der Waals surface area contributed by atoms with E-state index >= 15 is 0 Å². The molecule has 0 bridgehead atoms. The van der Waals surface area contributed by atoms with Gasteiger partial charge in [0.15, 0.2) is 0 Å². The minimum Gasteiger partial charge on any atom is -0.508 e. The molecule has 4 aromatic rings. The summed E-state index contributed by atoms with van der Waals surface area (Å²) in [7, 11) is 1.66. The molecule has 0 aliphatic carbocycles. The topological polar surface area (TPSA) is 111 Å². The molecule has 0 heterocycles. The van der Waals surface area contributed by atoms with Crippen LogP contribution in [0, 0.1) is 0 Å². The molecule has 0 saturated carbocycles. The fourth-order valence-corrected chi connectivity index (χ4v) is 4.83. The number of aliphatic hydroxyl groups is 1. The van der Waals surface area contributed by atoms with Gasteiger partial charge in [0.05, 0.1) is 19.6 Å². The number of fused-ring (bicyclic) bond motifs is 1. The number of carbonyl (C=O) groups excluding carboxylic acids is 1. The highest BCUT2D eigenvalue weighted by Gasteiger charge is 2.17. The van der Waals surface area contributed by atoms with Gasteiger partial charge < -0.3 is 30.7 Å². The molecule has 1 amide bonds. The lowest BCUT2D eigenvalue weighted by atomic mass is 9.92. The SMILES string of the molecule is COc1ccc2cc(CCNC(=O)Cc3cccc(C(C)C(C)NCC(O)c4cc(O)cc(O)c4)c3)ccc2c1. The smallest absolute Gasteiger partial charge is 0.224 e. The molecule has 0 spiro atoms. The van der Waals surface area contributed by atoms with Crippen LogP contribution in [0.25, 0.3) is 10.8 Å². The second-order valence-electron chi connectivity index (χ2n) is 10.4. The predicted molar refractivity (Wildman–Crippen MR) is 158 cm³/mol. The van der Waals surface area contributed by atoms with Crippen molar-refractivity contribution in [3.05, 3.63) is 101 Å². The van der Waals surface area contributed by atoms with E-state index < -0.39 is 6.10 Å². The van der Waals surface area contributed by atoms with Gasteiger partial charge in [-0.15, -0.1) is 0 Å². The molecule has 0 saturated heterocycles. The van der Waals surface area contributed by atoms with Crippen molar-refractivity contribution < 1.29 is 24.9 Å². The molecular formula is C33H38N2O5. The summed E-state index contributed by atoms with van der Waals surface area (Å²) in [6, 6.07) is 24.5. The van der Waals surface area contributed by atoms with Crippen LogP contribution in [0.3, 0.4) is 0 Å². The first-order valence-corrected chi connectivity index (χ1v) is 13.6. The Balaban J connectivity index is 1.26. The molecular weight excluding hydrogens is 504 g/mol. The molecule has 7 heteroatoms. The van der Waals surface area contributed by atoms with E-state index in [4.69, 9.17) is 4.74 Å². The number of benzene rings is 4. The Morgan fingerprint density at radius 1 is 0.850 bits per heavy atom. The Bertz CT molecular complexity index is 1430. The van der Waals surface area contributed by atoms with Gasteiger partial charge in [-0.1, -0.05) is 55.5 Å². The third-order valence-electron chi connectivity index (χ3n) is 7.38. The first-order valence-electron chi connectivity index (χ1n) is 13.6. The maximum atomic E-state index is 12.7. The molecule has 4 aromatic carbocycles. The highest BCUT2D eigenvalue weighted by molar-refractivity contribution is 5.84. The molecule has 0 fully saturated rings. The van der Waals surface area contributed by atoms with Crippen molar-refractivity contribution >= 4 is 16.7 Å². The Hall–Kier alpha value is -4.07. The van der Waals surface area contributed by atoms with Crippen molar-refractivity contribution in [2.24, 2.45) is 0 Å². The van der Waals surface area contributed by atoms with Gasteiger partial charge in [0.2, 0.25) is 5.91 Å². The zero-order chi connectivity index (χ0) is 28.6. The van der Waals surface area contributed by atoms with Crippen LogP contribution in [0.1, 0.15) is 48.1 Å². The number of carbonyl (C=O) groups is 1. The number of rotatable bonds is 12. The number of phenolic OH excluding ortho intramolecular Hbond substituents is 2. The van der Waals surface area contributed by atoms with E-state index in [-0.39, 0.29) is 35.9 Å². The average molecular weight is 543 g/mol. The van der Waals surface area contributed by atoms with Gasteiger partial charge in [-0.25, -0.2) is 0 Å². The first kappa shape index (κ1) is 28.9. The summed E-state index contributed by atoms with van der Waals surface area (Å²) in [5.74, 6) is 0.764. The lowest BCUT2D eigenvalue weighted by Crippen LogP contribution is -2.34. The van der Waals surface area contributed by atoms with Gasteiger partial charge in [-0.05, 0) is 76.6 Å². The minimum atomic E-state index is -0.874. The van der Waals surface area contributed by atoms with Gasteiger partial charge in [-0.3, -0.25) is 4.79 Å². The minimum absolute atomic E-state index is 0.0148. The van der Waals surface area contributed by atoms with Crippen molar-refractivity contribution in [1.82, 2.24) is 10.6 Å². The average Bonchev–Trinajstić information content (AvgIpc) is 2.94. The molecule has 0 aliphatic heterocycles. The number of amides is 1. The number of ether oxygens (including phenoxy) is 1. The number of phenols is 2. The van der Waals surface area contributed by atoms with E-state index in [1.54, 1.807) is 7.11 Å². The maximum absolute atomic E-state index is 12.7. The van der Waals surface area contributed by atoms with Crippen LogP contribution in [0.4, 0.5) is 0 Å². The van der Waals surface area contributed by atoms with Gasteiger partial charge in [-0.2, -0.15) is 0 Å². The van der Waals surface area contributed by atoms with E-state index in [1.807, 2.05) is 43.3 Å². The van der Waals surface area contributed by atoms with Gasteiger partial charge in [0.1, 0.15) is 17.2 Å². The highest BCUT2D eigenvalue weighted by atomic mass is 16.5. The number of hydrogen-bond donors (Lipinski definition) is 5. The molecule has 210 valence electrons. The molecule has 7 nitrogen and oxygen atoms in total. The summed E-state index contributed by atoms with van der Waals surface area (Å²) >= 11 is 0. The van der Waals surface area contributed by atoms with Crippen molar-refractivity contribution in [3.63, 3.8) is 0 Å². The van der Waals surface area contributed by atoms with Crippen LogP contribution in [0.2, 0.25) is 0 Å². The van der Waals surface area contributed by atoms with E-state index in [1.165, 1.54) is 23.8 Å². The van der Waals surface area contributed by atoms with Crippen molar-refractivity contribution in [2.45, 2.75) is 44.8 Å². The predicted octanol–water partition coefficient (Wildman–Crippen LogP) is 4.98. The third-order valence-corrected chi connectivity index (χ3v) is 7.38.